The van der Waals surface area contributed by atoms with Crippen molar-refractivity contribution in [1.29, 1.82) is 0 Å². The van der Waals surface area contributed by atoms with Crippen LogP contribution in [0.15, 0.2) is 50.6 Å². The van der Waals surface area contributed by atoms with Gasteiger partial charge in [0.25, 0.3) is 0 Å². The van der Waals surface area contributed by atoms with Gasteiger partial charge in [0.05, 0.1) is 13.2 Å². The van der Waals surface area contributed by atoms with Crippen molar-refractivity contribution in [2.24, 2.45) is 0 Å². The molecule has 27 heavy (non-hydrogen) atoms. The summed E-state index contributed by atoms with van der Waals surface area (Å²) >= 11 is 0. The molecular weight excluding hydrogens is 360 g/mol. The van der Waals surface area contributed by atoms with Crippen molar-refractivity contribution in [1.82, 2.24) is 0 Å². The van der Waals surface area contributed by atoms with Crippen molar-refractivity contribution in [3.63, 3.8) is 0 Å². The molecule has 0 atom stereocenters. The van der Waals surface area contributed by atoms with E-state index in [0.29, 0.717) is 0 Å². The molecule has 9 nitrogen and oxygen atoms in total. The van der Waals surface area contributed by atoms with E-state index in [2.05, 4.69) is 45.3 Å². The van der Waals surface area contributed by atoms with Crippen LogP contribution in [0.2, 0.25) is 0 Å². The lowest BCUT2D eigenvalue weighted by molar-refractivity contribution is -0.146. The summed E-state index contributed by atoms with van der Waals surface area (Å²) in [6.07, 6.45) is 4.22. The number of esters is 4. The van der Waals surface area contributed by atoms with Gasteiger partial charge in [-0.2, -0.15) is 0 Å². The third-order valence-corrected chi connectivity index (χ3v) is 2.18. The monoisotopic (exact) mass is 384 g/mol. The highest BCUT2D eigenvalue weighted by atomic mass is 16.6. The van der Waals surface area contributed by atoms with E-state index in [-0.39, 0.29) is 39.6 Å². The van der Waals surface area contributed by atoms with Crippen LogP contribution in [0.4, 0.5) is 0 Å². The van der Waals surface area contributed by atoms with Crippen LogP contribution in [-0.4, -0.2) is 63.5 Å². The summed E-state index contributed by atoms with van der Waals surface area (Å²) in [7, 11) is 0. The Bertz CT molecular complexity index is 477. The van der Waals surface area contributed by atoms with E-state index >= 15 is 0 Å². The number of ether oxygens (including phenoxy) is 5. The molecular formula is C18H24O9. The molecule has 0 heterocycles. The first-order valence-corrected chi connectivity index (χ1v) is 7.65. The summed E-state index contributed by atoms with van der Waals surface area (Å²) in [5.41, 5.74) is 0. The third kappa shape index (κ3) is 20.8. The Balaban J connectivity index is 0. The van der Waals surface area contributed by atoms with Gasteiger partial charge in [-0.05, 0) is 0 Å². The lowest BCUT2D eigenvalue weighted by Gasteiger charge is -2.04. The minimum absolute atomic E-state index is 0.0322. The average Bonchev–Trinajstić information content (AvgIpc) is 2.69. The topological polar surface area (TPSA) is 114 Å². The predicted octanol–water partition coefficient (Wildman–Crippen LogP) is 0.906. The minimum Gasteiger partial charge on any atom is -0.460 e. The molecule has 0 radical (unpaired) electrons. The van der Waals surface area contributed by atoms with Crippen LogP contribution < -0.4 is 0 Å². The molecule has 0 amide bonds. The van der Waals surface area contributed by atoms with E-state index in [9.17, 15) is 19.2 Å². The zero-order chi connectivity index (χ0) is 20.9. The fourth-order valence-electron chi connectivity index (χ4n) is 1.02. The van der Waals surface area contributed by atoms with Gasteiger partial charge in [-0.3, -0.25) is 0 Å². The number of carbonyl (C=O) groups excluding carboxylic acids is 4. The van der Waals surface area contributed by atoms with E-state index in [1.165, 1.54) is 0 Å². The minimum atomic E-state index is -0.537. The molecule has 0 saturated carbocycles. The summed E-state index contributed by atoms with van der Waals surface area (Å²) in [5.74, 6) is -2.05. The number of hydrogen-bond acceptors (Lipinski definition) is 9. The standard InChI is InChI=1S/C10H14O5.C8H10O4/c1-3-9(11)14-7-5-13-6-8-15-10(12)4-2;1-3-7(9)11-5-6-12-8(10)4-2/h3-4H,1-2,5-8H2;3-4H,1-2,5-6H2. The van der Waals surface area contributed by atoms with Gasteiger partial charge in [0.15, 0.2) is 0 Å². The molecule has 0 unspecified atom stereocenters. The highest BCUT2D eigenvalue weighted by Crippen LogP contribution is 1.84. The number of carbonyl (C=O) groups is 4. The Morgan fingerprint density at radius 1 is 0.481 bits per heavy atom. The van der Waals surface area contributed by atoms with E-state index < -0.39 is 23.9 Å². The second-order valence-electron chi connectivity index (χ2n) is 4.10. The summed E-state index contributed by atoms with van der Waals surface area (Å²) < 4.78 is 23.3. The van der Waals surface area contributed by atoms with E-state index in [4.69, 9.17) is 4.74 Å². The van der Waals surface area contributed by atoms with Crippen molar-refractivity contribution in [3.05, 3.63) is 50.6 Å². The number of rotatable bonds is 13. The normalized spacial score (nSPS) is 8.74. The molecule has 0 spiro atoms. The van der Waals surface area contributed by atoms with Crippen LogP contribution in [0.1, 0.15) is 0 Å². The zero-order valence-electron chi connectivity index (χ0n) is 15.1. The second kappa shape index (κ2) is 19.1. The fourth-order valence-corrected chi connectivity index (χ4v) is 1.02. The molecule has 0 aromatic carbocycles. The smallest absolute Gasteiger partial charge is 0.330 e. The maximum absolute atomic E-state index is 10.6. The molecule has 0 aromatic heterocycles. The molecule has 0 fully saturated rings. The van der Waals surface area contributed by atoms with E-state index in [1.807, 2.05) is 0 Å². The van der Waals surface area contributed by atoms with E-state index in [1.54, 1.807) is 0 Å². The quantitative estimate of drug-likeness (QED) is 0.198. The average molecular weight is 384 g/mol. The Morgan fingerprint density at radius 2 is 0.704 bits per heavy atom. The van der Waals surface area contributed by atoms with Gasteiger partial charge >= 0.3 is 23.9 Å². The molecule has 0 N–H and O–H groups in total. The van der Waals surface area contributed by atoms with Crippen molar-refractivity contribution in [2.45, 2.75) is 0 Å². The Labute approximate surface area is 157 Å². The predicted molar refractivity (Wildman–Crippen MR) is 95.4 cm³/mol. The van der Waals surface area contributed by atoms with Gasteiger partial charge < -0.3 is 23.7 Å². The highest BCUT2D eigenvalue weighted by molar-refractivity contribution is 5.82. The van der Waals surface area contributed by atoms with Crippen molar-refractivity contribution >= 4 is 23.9 Å². The fraction of sp³-hybridized carbons (Fsp3) is 0.333. The largest absolute Gasteiger partial charge is 0.460 e. The SMILES string of the molecule is C=CC(=O)OCCOC(=O)C=C.C=CC(=O)OCCOCCOC(=O)C=C. The van der Waals surface area contributed by atoms with Crippen molar-refractivity contribution in [3.8, 4) is 0 Å². The highest BCUT2D eigenvalue weighted by Gasteiger charge is 1.98. The van der Waals surface area contributed by atoms with E-state index in [0.717, 1.165) is 24.3 Å². The first kappa shape index (κ1) is 26.0. The summed E-state index contributed by atoms with van der Waals surface area (Å²) in [6, 6.07) is 0. The molecule has 0 bridgehead atoms. The van der Waals surface area contributed by atoms with Gasteiger partial charge in [0.2, 0.25) is 0 Å². The maximum atomic E-state index is 10.6. The van der Waals surface area contributed by atoms with Crippen LogP contribution in [0.5, 0.6) is 0 Å². The van der Waals surface area contributed by atoms with Crippen LogP contribution >= 0.6 is 0 Å². The first-order chi connectivity index (χ1) is 12.9. The number of hydrogen-bond donors (Lipinski definition) is 0. The summed E-state index contributed by atoms with van der Waals surface area (Å²) in [4.78, 5) is 42.0. The molecule has 0 aliphatic rings. The van der Waals surface area contributed by atoms with Crippen LogP contribution in [0.25, 0.3) is 0 Å². The molecule has 0 aliphatic carbocycles. The van der Waals surface area contributed by atoms with Crippen LogP contribution in [-0.2, 0) is 42.9 Å². The summed E-state index contributed by atoms with van der Waals surface area (Å²) in [5, 5.41) is 0. The van der Waals surface area contributed by atoms with Gasteiger partial charge in [-0.25, -0.2) is 19.2 Å². The van der Waals surface area contributed by atoms with Gasteiger partial charge in [-0.1, -0.05) is 26.3 Å². The Morgan fingerprint density at radius 3 is 0.926 bits per heavy atom. The molecule has 0 aliphatic heterocycles. The second-order valence-corrected chi connectivity index (χ2v) is 4.10. The summed E-state index contributed by atoms with van der Waals surface area (Å²) in [6.45, 7) is 13.7. The van der Waals surface area contributed by atoms with Crippen LogP contribution in [0.3, 0.4) is 0 Å². The molecule has 0 saturated heterocycles. The van der Waals surface area contributed by atoms with Crippen LogP contribution in [0, 0.1) is 0 Å². The Kier molecular flexibility index (Phi) is 18.4. The molecule has 0 aromatic rings. The molecule has 0 rings (SSSR count). The van der Waals surface area contributed by atoms with Gasteiger partial charge in [0, 0.05) is 24.3 Å². The Hall–Kier alpha value is -3.20. The molecule has 9 heteroatoms. The van der Waals surface area contributed by atoms with Crippen molar-refractivity contribution in [2.75, 3.05) is 39.6 Å². The van der Waals surface area contributed by atoms with Gasteiger partial charge in [0.1, 0.15) is 26.4 Å². The lowest BCUT2D eigenvalue weighted by Crippen LogP contribution is -2.12. The lowest BCUT2D eigenvalue weighted by atomic mass is 10.6. The van der Waals surface area contributed by atoms with Gasteiger partial charge in [-0.15, -0.1) is 0 Å². The third-order valence-electron chi connectivity index (χ3n) is 2.18. The maximum Gasteiger partial charge on any atom is 0.330 e. The van der Waals surface area contributed by atoms with Crippen molar-refractivity contribution < 1.29 is 42.9 Å². The zero-order valence-corrected chi connectivity index (χ0v) is 15.1. The first-order valence-electron chi connectivity index (χ1n) is 7.65. The molecule has 150 valence electrons.